The van der Waals surface area contributed by atoms with E-state index in [0.717, 1.165) is 6.42 Å². The Labute approximate surface area is 64.1 Å². The van der Waals surface area contributed by atoms with Crippen molar-refractivity contribution in [3.05, 3.63) is 11.1 Å². The van der Waals surface area contributed by atoms with Crippen LogP contribution >= 0.6 is 0 Å². The Balaban J connectivity index is 2.61. The van der Waals surface area contributed by atoms with Crippen LogP contribution in [0.1, 0.15) is 26.7 Å². The van der Waals surface area contributed by atoms with Gasteiger partial charge in [-0.2, -0.15) is 13.2 Å². The zero-order chi connectivity index (χ0) is 8.65. The molecular formula is C8H11F3. The molecule has 0 bridgehead atoms. The van der Waals surface area contributed by atoms with Crippen molar-refractivity contribution < 1.29 is 13.2 Å². The Morgan fingerprint density at radius 3 is 2.27 bits per heavy atom. The molecule has 0 aromatic heterocycles. The van der Waals surface area contributed by atoms with Gasteiger partial charge in [-0.05, 0) is 18.8 Å². The maximum Gasteiger partial charge on any atom is 0.412 e. The Bertz CT molecular complexity index is 188. The highest BCUT2D eigenvalue weighted by molar-refractivity contribution is 5.40. The molecular weight excluding hydrogens is 153 g/mol. The largest absolute Gasteiger partial charge is 0.412 e. The number of rotatable bonds is 2. The molecule has 0 saturated heterocycles. The van der Waals surface area contributed by atoms with Crippen molar-refractivity contribution in [3.63, 3.8) is 0 Å². The predicted molar refractivity (Wildman–Crippen MR) is 37.2 cm³/mol. The second kappa shape index (κ2) is 2.54. The fourth-order valence-electron chi connectivity index (χ4n) is 1.15. The van der Waals surface area contributed by atoms with E-state index in [0.29, 0.717) is 5.57 Å². The molecule has 0 N–H and O–H groups in total. The molecule has 0 fully saturated rings. The minimum Gasteiger partial charge on any atom is -0.166 e. The van der Waals surface area contributed by atoms with Crippen molar-refractivity contribution in [2.45, 2.75) is 32.9 Å². The van der Waals surface area contributed by atoms with Gasteiger partial charge in [0, 0.05) is 5.57 Å². The van der Waals surface area contributed by atoms with Crippen LogP contribution in [0, 0.1) is 5.92 Å². The topological polar surface area (TPSA) is 0 Å². The van der Waals surface area contributed by atoms with Crippen molar-refractivity contribution >= 4 is 0 Å². The van der Waals surface area contributed by atoms with E-state index in [1.165, 1.54) is 0 Å². The highest BCUT2D eigenvalue weighted by atomic mass is 19.4. The maximum atomic E-state index is 11.9. The van der Waals surface area contributed by atoms with Gasteiger partial charge in [0.1, 0.15) is 0 Å². The second-order valence-corrected chi connectivity index (χ2v) is 2.99. The van der Waals surface area contributed by atoms with Gasteiger partial charge in [0.15, 0.2) is 0 Å². The van der Waals surface area contributed by atoms with Gasteiger partial charge >= 0.3 is 6.18 Å². The molecule has 0 heterocycles. The summed E-state index contributed by atoms with van der Waals surface area (Å²) < 4.78 is 35.8. The highest BCUT2D eigenvalue weighted by Gasteiger charge is 2.45. The minimum atomic E-state index is -4.06. The molecule has 1 aliphatic rings. The number of hydrogen-bond acceptors (Lipinski definition) is 0. The van der Waals surface area contributed by atoms with E-state index < -0.39 is 6.18 Å². The van der Waals surface area contributed by atoms with Crippen molar-refractivity contribution in [3.8, 4) is 0 Å². The molecule has 0 aromatic rings. The number of alkyl halides is 3. The third kappa shape index (κ3) is 1.76. The van der Waals surface area contributed by atoms with Crippen LogP contribution in [0.4, 0.5) is 13.2 Å². The lowest BCUT2D eigenvalue weighted by atomic mass is 10.1. The third-order valence-corrected chi connectivity index (χ3v) is 2.18. The zero-order valence-electron chi connectivity index (χ0n) is 6.63. The van der Waals surface area contributed by atoms with Crippen LogP contribution in [0.25, 0.3) is 0 Å². The van der Waals surface area contributed by atoms with Crippen LogP contribution in [-0.4, -0.2) is 6.18 Å². The summed E-state index contributed by atoms with van der Waals surface area (Å²) >= 11 is 0. The summed E-state index contributed by atoms with van der Waals surface area (Å²) in [7, 11) is 0. The molecule has 0 nitrogen and oxygen atoms in total. The molecule has 3 heteroatoms. The van der Waals surface area contributed by atoms with Crippen molar-refractivity contribution in [2.75, 3.05) is 0 Å². The lowest BCUT2D eigenvalue weighted by molar-refractivity contribution is -0.0877. The molecule has 1 rings (SSSR count). The van der Waals surface area contributed by atoms with Gasteiger partial charge in [-0.15, -0.1) is 0 Å². The van der Waals surface area contributed by atoms with Crippen LogP contribution in [0.5, 0.6) is 0 Å². The average Bonchev–Trinajstić information content (AvgIpc) is 2.62. The number of allylic oxidation sites excluding steroid dienone is 2. The molecule has 0 spiro atoms. The molecule has 0 amide bonds. The van der Waals surface area contributed by atoms with Crippen LogP contribution in [0.3, 0.4) is 0 Å². The smallest absolute Gasteiger partial charge is 0.166 e. The fraction of sp³-hybridized carbons (Fsp3) is 0.750. The van der Waals surface area contributed by atoms with E-state index in [1.807, 2.05) is 13.8 Å². The second-order valence-electron chi connectivity index (χ2n) is 2.99. The fourth-order valence-corrected chi connectivity index (χ4v) is 1.15. The van der Waals surface area contributed by atoms with E-state index in [9.17, 15) is 13.2 Å². The van der Waals surface area contributed by atoms with Crippen molar-refractivity contribution in [2.24, 2.45) is 5.92 Å². The molecule has 11 heavy (non-hydrogen) atoms. The Morgan fingerprint density at radius 2 is 2.00 bits per heavy atom. The van der Waals surface area contributed by atoms with E-state index in [-0.39, 0.29) is 17.9 Å². The van der Waals surface area contributed by atoms with Crippen molar-refractivity contribution in [1.29, 1.82) is 0 Å². The molecule has 0 aromatic carbocycles. The van der Waals surface area contributed by atoms with E-state index in [1.54, 1.807) is 0 Å². The quantitative estimate of drug-likeness (QED) is 0.549. The molecule has 0 aliphatic heterocycles. The third-order valence-electron chi connectivity index (χ3n) is 2.18. The Morgan fingerprint density at radius 1 is 1.45 bits per heavy atom. The van der Waals surface area contributed by atoms with Gasteiger partial charge < -0.3 is 0 Å². The SMILES string of the molecule is CCC(C)C1=C(C(F)(F)F)C1. The monoisotopic (exact) mass is 164 g/mol. The standard InChI is InChI=1S/C8H11F3/c1-3-5(2)6-4-7(6)8(9,10)11/h5H,3-4H2,1-2H3. The zero-order valence-corrected chi connectivity index (χ0v) is 6.63. The molecule has 0 radical (unpaired) electrons. The first-order chi connectivity index (χ1) is 4.96. The van der Waals surface area contributed by atoms with Crippen LogP contribution in [-0.2, 0) is 0 Å². The summed E-state index contributed by atoms with van der Waals surface area (Å²) in [6.45, 7) is 3.75. The van der Waals surface area contributed by atoms with E-state index in [2.05, 4.69) is 0 Å². The molecule has 1 unspecified atom stereocenters. The molecule has 0 saturated carbocycles. The van der Waals surface area contributed by atoms with Crippen LogP contribution < -0.4 is 0 Å². The molecule has 64 valence electrons. The van der Waals surface area contributed by atoms with Gasteiger partial charge in [-0.25, -0.2) is 0 Å². The van der Waals surface area contributed by atoms with Gasteiger partial charge in [0.25, 0.3) is 0 Å². The summed E-state index contributed by atoms with van der Waals surface area (Å²) in [6, 6.07) is 0. The molecule has 1 aliphatic carbocycles. The summed E-state index contributed by atoms with van der Waals surface area (Å²) in [5.41, 5.74) is 0.326. The van der Waals surface area contributed by atoms with E-state index >= 15 is 0 Å². The first-order valence-electron chi connectivity index (χ1n) is 3.76. The number of halogens is 3. The predicted octanol–water partition coefficient (Wildman–Crippen LogP) is 3.30. The number of hydrogen-bond donors (Lipinski definition) is 0. The van der Waals surface area contributed by atoms with Gasteiger partial charge in [0.05, 0.1) is 0 Å². The summed E-state index contributed by atoms with van der Waals surface area (Å²) in [5, 5.41) is 0. The van der Waals surface area contributed by atoms with Crippen LogP contribution in [0.2, 0.25) is 0 Å². The first-order valence-corrected chi connectivity index (χ1v) is 3.76. The highest BCUT2D eigenvalue weighted by Crippen LogP contribution is 2.47. The van der Waals surface area contributed by atoms with Gasteiger partial charge in [0.2, 0.25) is 0 Å². The summed E-state index contributed by atoms with van der Waals surface area (Å²) in [5.74, 6) is 0.117. The minimum absolute atomic E-state index is 0.117. The first kappa shape index (κ1) is 8.62. The van der Waals surface area contributed by atoms with Crippen LogP contribution in [0.15, 0.2) is 11.1 Å². The Kier molecular flexibility index (Phi) is 1.99. The molecule has 1 atom stereocenters. The lowest BCUT2D eigenvalue weighted by Gasteiger charge is -2.00. The van der Waals surface area contributed by atoms with Crippen molar-refractivity contribution in [1.82, 2.24) is 0 Å². The lowest BCUT2D eigenvalue weighted by Crippen LogP contribution is -2.03. The normalized spacial score (nSPS) is 20.5. The van der Waals surface area contributed by atoms with Gasteiger partial charge in [-0.1, -0.05) is 19.4 Å². The summed E-state index contributed by atoms with van der Waals surface area (Å²) in [4.78, 5) is 0. The van der Waals surface area contributed by atoms with E-state index in [4.69, 9.17) is 0 Å². The Hall–Kier alpha value is -0.470. The van der Waals surface area contributed by atoms with Gasteiger partial charge in [-0.3, -0.25) is 0 Å². The summed E-state index contributed by atoms with van der Waals surface area (Å²) in [6.07, 6.45) is -3.06. The average molecular weight is 164 g/mol. The maximum absolute atomic E-state index is 11.9.